The lowest BCUT2D eigenvalue weighted by Gasteiger charge is -2.03. The molecule has 0 aromatic carbocycles. The van der Waals surface area contributed by atoms with Crippen LogP contribution in [0.3, 0.4) is 0 Å². The fourth-order valence-corrected chi connectivity index (χ4v) is 0.321. The second kappa shape index (κ2) is 3.57. The third-order valence-corrected chi connectivity index (χ3v) is 1.12. The minimum Gasteiger partial charge on any atom is -0.300 e. The van der Waals surface area contributed by atoms with Gasteiger partial charge in [0.15, 0.2) is 0 Å². The lowest BCUT2D eigenvalue weighted by Crippen LogP contribution is -2.30. The van der Waals surface area contributed by atoms with Crippen LogP contribution in [0.2, 0.25) is 0 Å². The molecular formula is C5H12N2O. The summed E-state index contributed by atoms with van der Waals surface area (Å²) in [5.74, 6) is 5.18. The number of ketones is 1. The monoisotopic (exact) mass is 116 g/mol. The molecule has 0 aromatic rings. The Morgan fingerprint density at radius 1 is 1.88 bits per heavy atom. The summed E-state index contributed by atoms with van der Waals surface area (Å²) < 4.78 is 0. The number of hydrazine groups is 1. The highest BCUT2D eigenvalue weighted by atomic mass is 16.1. The van der Waals surface area contributed by atoms with Gasteiger partial charge in [-0.1, -0.05) is 6.92 Å². The Balaban J connectivity index is 3.32. The highest BCUT2D eigenvalue weighted by Crippen LogP contribution is 1.90. The van der Waals surface area contributed by atoms with Gasteiger partial charge < -0.3 is 0 Å². The predicted octanol–water partition coefficient (Wildman–Crippen LogP) is -0.325. The first-order valence-corrected chi connectivity index (χ1v) is 2.62. The van der Waals surface area contributed by atoms with Crippen LogP contribution in [-0.4, -0.2) is 12.3 Å². The zero-order valence-electron chi connectivity index (χ0n) is 5.27. The Kier molecular flexibility index (Phi) is 3.39. The maximum absolute atomic E-state index is 10.4. The van der Waals surface area contributed by atoms with Gasteiger partial charge >= 0.3 is 0 Å². The van der Waals surface area contributed by atoms with Crippen molar-refractivity contribution in [3.63, 3.8) is 0 Å². The van der Waals surface area contributed by atoms with Crippen molar-refractivity contribution in [2.24, 2.45) is 11.8 Å². The van der Waals surface area contributed by atoms with Crippen molar-refractivity contribution in [2.75, 3.05) is 6.54 Å². The summed E-state index contributed by atoms with van der Waals surface area (Å²) in [4.78, 5) is 10.4. The second-order valence-electron chi connectivity index (χ2n) is 1.92. The van der Waals surface area contributed by atoms with E-state index in [0.717, 1.165) is 0 Å². The summed E-state index contributed by atoms with van der Waals surface area (Å²) in [5.41, 5.74) is 2.43. The van der Waals surface area contributed by atoms with Gasteiger partial charge in [0, 0.05) is 12.5 Å². The van der Waals surface area contributed by atoms with Crippen molar-refractivity contribution in [2.45, 2.75) is 13.8 Å². The first-order valence-electron chi connectivity index (χ1n) is 2.62. The Hall–Kier alpha value is -0.410. The molecule has 0 amide bonds. The molecular weight excluding hydrogens is 104 g/mol. The molecule has 0 aliphatic carbocycles. The zero-order chi connectivity index (χ0) is 6.57. The fraction of sp³-hybridized carbons (Fsp3) is 0.800. The lowest BCUT2D eigenvalue weighted by molar-refractivity contribution is -0.120. The van der Waals surface area contributed by atoms with E-state index in [4.69, 9.17) is 5.84 Å². The van der Waals surface area contributed by atoms with Gasteiger partial charge in [-0.3, -0.25) is 16.1 Å². The summed E-state index contributed by atoms with van der Waals surface area (Å²) in [6, 6.07) is 0. The van der Waals surface area contributed by atoms with Crippen molar-refractivity contribution in [1.29, 1.82) is 0 Å². The number of carbonyl (C=O) groups excluding carboxylic acids is 1. The summed E-state index contributed by atoms with van der Waals surface area (Å²) in [6.45, 7) is 3.96. The quantitative estimate of drug-likeness (QED) is 0.392. The molecule has 0 unspecified atom stereocenters. The standard InChI is InChI=1S/C5H12N2O/c1-4(3-7-6)5(2)8/h4,7H,3,6H2,1-2H3/t4-/m0/s1. The Morgan fingerprint density at radius 2 is 2.38 bits per heavy atom. The van der Waals surface area contributed by atoms with Crippen LogP contribution >= 0.6 is 0 Å². The Labute approximate surface area is 49.2 Å². The molecule has 3 nitrogen and oxygen atoms in total. The molecule has 0 aromatic heterocycles. The van der Waals surface area contributed by atoms with Gasteiger partial charge in [-0.05, 0) is 6.92 Å². The van der Waals surface area contributed by atoms with Crippen molar-refractivity contribution in [3.05, 3.63) is 0 Å². The molecule has 0 aliphatic rings. The third-order valence-electron chi connectivity index (χ3n) is 1.12. The van der Waals surface area contributed by atoms with Gasteiger partial charge in [0.25, 0.3) is 0 Å². The molecule has 0 saturated carbocycles. The van der Waals surface area contributed by atoms with E-state index in [1.165, 1.54) is 0 Å². The number of hydrogen-bond acceptors (Lipinski definition) is 3. The first-order chi connectivity index (χ1) is 3.68. The van der Waals surface area contributed by atoms with Crippen molar-refractivity contribution >= 4 is 5.78 Å². The molecule has 0 spiro atoms. The largest absolute Gasteiger partial charge is 0.300 e. The molecule has 48 valence electrons. The molecule has 1 atom stereocenters. The van der Waals surface area contributed by atoms with Crippen molar-refractivity contribution in [1.82, 2.24) is 5.43 Å². The minimum atomic E-state index is 0.0417. The summed E-state index contributed by atoms with van der Waals surface area (Å²) in [6.07, 6.45) is 0. The average molecular weight is 116 g/mol. The van der Waals surface area contributed by atoms with Crippen LogP contribution in [0.1, 0.15) is 13.8 Å². The highest BCUT2D eigenvalue weighted by Gasteiger charge is 2.03. The van der Waals surface area contributed by atoms with Crippen LogP contribution in [0, 0.1) is 5.92 Å². The zero-order valence-corrected chi connectivity index (χ0v) is 5.27. The summed E-state index contributed by atoms with van der Waals surface area (Å²) in [7, 11) is 0. The van der Waals surface area contributed by atoms with Crippen LogP contribution in [0.5, 0.6) is 0 Å². The number of carbonyl (C=O) groups is 1. The fourth-order valence-electron chi connectivity index (χ4n) is 0.321. The molecule has 3 N–H and O–H groups in total. The molecule has 3 heteroatoms. The van der Waals surface area contributed by atoms with Gasteiger partial charge in [0.05, 0.1) is 0 Å². The van der Waals surface area contributed by atoms with Crippen LogP contribution in [-0.2, 0) is 4.79 Å². The van der Waals surface area contributed by atoms with Crippen LogP contribution < -0.4 is 11.3 Å². The smallest absolute Gasteiger partial charge is 0.133 e. The van der Waals surface area contributed by atoms with Crippen LogP contribution in [0.15, 0.2) is 0 Å². The van der Waals surface area contributed by atoms with Crippen molar-refractivity contribution < 1.29 is 4.79 Å². The number of nitrogens with two attached hydrogens (primary N) is 1. The van der Waals surface area contributed by atoms with Crippen LogP contribution in [0.25, 0.3) is 0 Å². The van der Waals surface area contributed by atoms with Crippen molar-refractivity contribution in [3.8, 4) is 0 Å². The molecule has 0 radical (unpaired) electrons. The highest BCUT2D eigenvalue weighted by molar-refractivity contribution is 5.78. The SMILES string of the molecule is CC(=O)[C@@H](C)CNN. The molecule has 0 aliphatic heterocycles. The first kappa shape index (κ1) is 7.59. The van der Waals surface area contributed by atoms with E-state index in [1.807, 2.05) is 6.92 Å². The van der Waals surface area contributed by atoms with Crippen LogP contribution in [0.4, 0.5) is 0 Å². The van der Waals surface area contributed by atoms with E-state index in [2.05, 4.69) is 5.43 Å². The average Bonchev–Trinajstić information content (AvgIpc) is 1.67. The normalized spacial score (nSPS) is 13.4. The number of rotatable bonds is 3. The van der Waals surface area contributed by atoms with E-state index in [0.29, 0.717) is 6.54 Å². The van der Waals surface area contributed by atoms with E-state index in [9.17, 15) is 4.79 Å². The van der Waals surface area contributed by atoms with Gasteiger partial charge in [-0.15, -0.1) is 0 Å². The molecule has 0 bridgehead atoms. The maximum atomic E-state index is 10.4. The number of nitrogens with one attached hydrogen (secondary N) is 1. The van der Waals surface area contributed by atoms with E-state index >= 15 is 0 Å². The minimum absolute atomic E-state index is 0.0417. The third kappa shape index (κ3) is 2.71. The number of Topliss-reactive ketones (excluding diaryl/α,β-unsaturated/α-hetero) is 1. The van der Waals surface area contributed by atoms with E-state index in [-0.39, 0.29) is 11.7 Å². The molecule has 0 rings (SSSR count). The molecule has 0 fully saturated rings. The molecule has 0 saturated heterocycles. The number of hydrogen-bond donors (Lipinski definition) is 2. The summed E-state index contributed by atoms with van der Waals surface area (Å²) in [5, 5.41) is 0. The lowest BCUT2D eigenvalue weighted by atomic mass is 10.1. The van der Waals surface area contributed by atoms with E-state index in [1.54, 1.807) is 6.92 Å². The molecule has 0 heterocycles. The summed E-state index contributed by atoms with van der Waals surface area (Å²) >= 11 is 0. The Morgan fingerprint density at radius 3 is 2.50 bits per heavy atom. The Bertz CT molecular complexity index is 82.5. The predicted molar refractivity (Wildman–Crippen MR) is 32.0 cm³/mol. The maximum Gasteiger partial charge on any atom is 0.133 e. The topological polar surface area (TPSA) is 55.1 Å². The van der Waals surface area contributed by atoms with Gasteiger partial charge in [0.2, 0.25) is 0 Å². The second-order valence-corrected chi connectivity index (χ2v) is 1.92. The molecule has 8 heavy (non-hydrogen) atoms. The van der Waals surface area contributed by atoms with Gasteiger partial charge in [-0.2, -0.15) is 0 Å². The van der Waals surface area contributed by atoms with E-state index < -0.39 is 0 Å². The van der Waals surface area contributed by atoms with Gasteiger partial charge in [0.1, 0.15) is 5.78 Å². The van der Waals surface area contributed by atoms with Gasteiger partial charge in [-0.25, -0.2) is 0 Å².